The lowest BCUT2D eigenvalue weighted by Gasteiger charge is -2.07. The molecule has 0 spiro atoms. The summed E-state index contributed by atoms with van der Waals surface area (Å²) in [4.78, 5) is 21.1. The molecule has 0 aromatic carbocycles. The van der Waals surface area contributed by atoms with E-state index in [1.807, 2.05) is 0 Å². The van der Waals surface area contributed by atoms with Crippen LogP contribution in [-0.2, 0) is 14.3 Å². The lowest BCUT2D eigenvalue weighted by molar-refractivity contribution is -0.140. The molecule has 1 atom stereocenters. The van der Waals surface area contributed by atoms with Gasteiger partial charge in [-0.15, -0.1) is 0 Å². The molecule has 0 aromatic heterocycles. The number of nitrogens with one attached hydrogen (secondary N) is 1. The Morgan fingerprint density at radius 1 is 1.64 bits per heavy atom. The smallest absolute Gasteiger partial charge is 0.330 e. The molecule has 0 rings (SSSR count). The summed E-state index contributed by atoms with van der Waals surface area (Å²) in [5.74, 6) is -1.56. The number of rotatable bonds is 6. The van der Waals surface area contributed by atoms with Gasteiger partial charge < -0.3 is 20.9 Å². The average molecular weight is 202 g/mol. The molecule has 0 aliphatic heterocycles. The molecule has 6 heteroatoms. The second-order valence-corrected chi connectivity index (χ2v) is 2.50. The summed E-state index contributed by atoms with van der Waals surface area (Å²) >= 11 is 0. The maximum atomic E-state index is 10.6. The minimum atomic E-state index is -1.15. The number of nitrogens with two attached hydrogens (primary N) is 1. The molecule has 4 N–H and O–H groups in total. The number of carbonyl (C=O) groups is 2. The third-order valence-electron chi connectivity index (χ3n) is 1.23. The first kappa shape index (κ1) is 12.4. The van der Waals surface area contributed by atoms with Gasteiger partial charge in [-0.1, -0.05) is 0 Å². The number of amides is 1. The van der Waals surface area contributed by atoms with E-state index in [2.05, 4.69) is 5.32 Å². The predicted molar refractivity (Wildman–Crippen MR) is 49.4 cm³/mol. The van der Waals surface area contributed by atoms with Gasteiger partial charge in [0, 0.05) is 13.5 Å². The molecule has 0 radical (unpaired) electrons. The van der Waals surface area contributed by atoms with E-state index >= 15 is 0 Å². The number of carbonyl (C=O) groups excluding carboxylic acids is 1. The zero-order valence-corrected chi connectivity index (χ0v) is 7.90. The Bertz CT molecular complexity index is 227. The molecule has 6 nitrogen and oxygen atoms in total. The van der Waals surface area contributed by atoms with Crippen LogP contribution in [0.5, 0.6) is 0 Å². The minimum absolute atomic E-state index is 0.308. The quantitative estimate of drug-likeness (QED) is 0.381. The third kappa shape index (κ3) is 6.01. The van der Waals surface area contributed by atoms with Crippen molar-refractivity contribution in [2.75, 3.05) is 13.2 Å². The van der Waals surface area contributed by atoms with Gasteiger partial charge in [-0.25, -0.2) is 4.79 Å². The topological polar surface area (TPSA) is 102 Å². The van der Waals surface area contributed by atoms with Gasteiger partial charge in [0.05, 0.1) is 12.9 Å². The van der Waals surface area contributed by atoms with Crippen LogP contribution in [0.4, 0.5) is 0 Å². The fourth-order valence-corrected chi connectivity index (χ4v) is 0.681. The summed E-state index contributed by atoms with van der Waals surface area (Å²) in [6.07, 6.45) is 2.45. The van der Waals surface area contributed by atoms with Gasteiger partial charge in [-0.3, -0.25) is 4.79 Å². The standard InChI is InChI=1S/C8H14N2O4/c1-6(11)10-7(8(12)13)2-4-14-5-3-9/h2,4,7H,3,5,9H2,1H3,(H,10,11)(H,12,13). The number of ether oxygens (including phenoxy) is 1. The van der Waals surface area contributed by atoms with Crippen LogP contribution in [0.3, 0.4) is 0 Å². The van der Waals surface area contributed by atoms with Crippen LogP contribution in [-0.4, -0.2) is 36.2 Å². The second-order valence-electron chi connectivity index (χ2n) is 2.50. The van der Waals surface area contributed by atoms with Gasteiger partial charge >= 0.3 is 5.97 Å². The molecule has 1 unspecified atom stereocenters. The molecular weight excluding hydrogens is 188 g/mol. The van der Waals surface area contributed by atoms with Crippen molar-refractivity contribution in [2.24, 2.45) is 5.73 Å². The Morgan fingerprint density at radius 2 is 2.29 bits per heavy atom. The van der Waals surface area contributed by atoms with Crippen molar-refractivity contribution in [3.8, 4) is 0 Å². The normalized spacial score (nSPS) is 12.4. The lowest BCUT2D eigenvalue weighted by Crippen LogP contribution is -2.37. The Balaban J connectivity index is 4.02. The van der Waals surface area contributed by atoms with Gasteiger partial charge in [0.25, 0.3) is 0 Å². The fraction of sp³-hybridized carbons (Fsp3) is 0.500. The minimum Gasteiger partial charge on any atom is -0.500 e. The van der Waals surface area contributed by atoms with Crippen LogP contribution in [0.15, 0.2) is 12.3 Å². The van der Waals surface area contributed by atoms with E-state index in [1.165, 1.54) is 19.3 Å². The number of carboxylic acid groups (broad SMARTS) is 1. The highest BCUT2D eigenvalue weighted by molar-refractivity contribution is 5.83. The summed E-state index contributed by atoms with van der Waals surface area (Å²) in [6, 6.07) is -1.06. The number of hydrogen-bond donors (Lipinski definition) is 3. The molecule has 0 saturated carbocycles. The molecule has 0 aliphatic carbocycles. The summed E-state index contributed by atoms with van der Waals surface area (Å²) in [6.45, 7) is 1.90. The average Bonchev–Trinajstić information content (AvgIpc) is 2.09. The first-order chi connectivity index (χ1) is 6.57. The van der Waals surface area contributed by atoms with Crippen molar-refractivity contribution in [1.29, 1.82) is 0 Å². The first-order valence-corrected chi connectivity index (χ1v) is 4.06. The summed E-state index contributed by atoms with van der Waals surface area (Å²) in [5.41, 5.74) is 5.14. The molecule has 0 fully saturated rings. The van der Waals surface area contributed by atoms with E-state index in [4.69, 9.17) is 15.6 Å². The van der Waals surface area contributed by atoms with Gasteiger partial charge in [0.15, 0.2) is 0 Å². The van der Waals surface area contributed by atoms with Crippen LogP contribution in [0.25, 0.3) is 0 Å². The highest BCUT2D eigenvalue weighted by Crippen LogP contribution is 1.88. The Hall–Kier alpha value is -1.56. The van der Waals surface area contributed by atoms with E-state index in [1.54, 1.807) is 0 Å². The van der Waals surface area contributed by atoms with Gasteiger partial charge in [-0.2, -0.15) is 0 Å². The van der Waals surface area contributed by atoms with Gasteiger partial charge in [0.1, 0.15) is 6.04 Å². The van der Waals surface area contributed by atoms with Crippen molar-refractivity contribution in [1.82, 2.24) is 5.32 Å². The molecule has 0 bridgehead atoms. The zero-order chi connectivity index (χ0) is 11.0. The van der Waals surface area contributed by atoms with Crippen molar-refractivity contribution in [2.45, 2.75) is 13.0 Å². The summed E-state index contributed by atoms with van der Waals surface area (Å²) in [7, 11) is 0. The SMILES string of the molecule is CC(=O)NC(C=COCCN)C(=O)O. The van der Waals surface area contributed by atoms with Crippen molar-refractivity contribution in [3.05, 3.63) is 12.3 Å². The van der Waals surface area contributed by atoms with Gasteiger partial charge in [-0.05, 0) is 6.08 Å². The first-order valence-electron chi connectivity index (χ1n) is 4.06. The number of hydrogen-bond acceptors (Lipinski definition) is 4. The predicted octanol–water partition coefficient (Wildman–Crippen LogP) is -0.935. The van der Waals surface area contributed by atoms with E-state index in [0.717, 1.165) is 0 Å². The largest absolute Gasteiger partial charge is 0.500 e. The van der Waals surface area contributed by atoms with E-state index in [0.29, 0.717) is 13.2 Å². The molecule has 0 heterocycles. The monoisotopic (exact) mass is 202 g/mol. The Morgan fingerprint density at radius 3 is 2.71 bits per heavy atom. The highest BCUT2D eigenvalue weighted by Gasteiger charge is 2.14. The molecule has 1 amide bonds. The second kappa shape index (κ2) is 6.90. The number of aliphatic carboxylic acids is 1. The number of carboxylic acids is 1. The molecule has 14 heavy (non-hydrogen) atoms. The van der Waals surface area contributed by atoms with E-state index in [9.17, 15) is 9.59 Å². The van der Waals surface area contributed by atoms with Crippen molar-refractivity contribution >= 4 is 11.9 Å². The lowest BCUT2D eigenvalue weighted by atomic mass is 10.3. The van der Waals surface area contributed by atoms with Crippen molar-refractivity contribution < 1.29 is 19.4 Å². The van der Waals surface area contributed by atoms with Crippen LogP contribution < -0.4 is 11.1 Å². The highest BCUT2D eigenvalue weighted by atomic mass is 16.5. The molecule has 0 aromatic rings. The maximum absolute atomic E-state index is 10.6. The Kier molecular flexibility index (Phi) is 6.13. The zero-order valence-electron chi connectivity index (χ0n) is 7.90. The van der Waals surface area contributed by atoms with Crippen LogP contribution in [0.2, 0.25) is 0 Å². The van der Waals surface area contributed by atoms with Crippen LogP contribution >= 0.6 is 0 Å². The van der Waals surface area contributed by atoms with E-state index < -0.39 is 17.9 Å². The molecule has 0 aliphatic rings. The fourth-order valence-electron chi connectivity index (χ4n) is 0.681. The van der Waals surface area contributed by atoms with Crippen molar-refractivity contribution in [3.63, 3.8) is 0 Å². The maximum Gasteiger partial charge on any atom is 0.330 e. The molecule has 80 valence electrons. The summed E-state index contributed by atoms with van der Waals surface area (Å²) < 4.78 is 4.82. The third-order valence-corrected chi connectivity index (χ3v) is 1.23. The summed E-state index contributed by atoms with van der Waals surface area (Å²) in [5, 5.41) is 10.9. The van der Waals surface area contributed by atoms with Crippen LogP contribution in [0.1, 0.15) is 6.92 Å². The molecular formula is C8H14N2O4. The van der Waals surface area contributed by atoms with E-state index in [-0.39, 0.29) is 0 Å². The Labute approximate surface area is 81.7 Å². The van der Waals surface area contributed by atoms with Crippen LogP contribution in [0, 0.1) is 0 Å². The molecule has 0 saturated heterocycles. The van der Waals surface area contributed by atoms with Gasteiger partial charge in [0.2, 0.25) is 5.91 Å².